The van der Waals surface area contributed by atoms with Crippen molar-refractivity contribution in [2.45, 2.75) is 12.8 Å². The summed E-state index contributed by atoms with van der Waals surface area (Å²) in [5.74, 6) is -2.47. The Morgan fingerprint density at radius 2 is 2.00 bits per heavy atom. The number of hydrogen-bond donors (Lipinski definition) is 1. The molecular formula is C15H20F2N2O4S. The molecule has 1 aromatic rings. The summed E-state index contributed by atoms with van der Waals surface area (Å²) in [6.45, 7) is 0.582. The molecule has 1 aliphatic heterocycles. The van der Waals surface area contributed by atoms with Crippen LogP contribution in [0, 0.1) is 17.6 Å². The Kier molecular flexibility index (Phi) is 6.25. The topological polar surface area (TPSA) is 75.7 Å². The van der Waals surface area contributed by atoms with E-state index in [0.717, 1.165) is 12.1 Å². The number of halogens is 2. The van der Waals surface area contributed by atoms with Gasteiger partial charge >= 0.3 is 0 Å². The van der Waals surface area contributed by atoms with Crippen LogP contribution >= 0.6 is 0 Å². The van der Waals surface area contributed by atoms with Gasteiger partial charge in [0.25, 0.3) is 0 Å². The van der Waals surface area contributed by atoms with E-state index in [1.54, 1.807) is 0 Å². The number of sulfonamides is 1. The summed E-state index contributed by atoms with van der Waals surface area (Å²) in [6, 6.07) is 2.91. The van der Waals surface area contributed by atoms with Crippen molar-refractivity contribution in [3.8, 4) is 0 Å². The molecule has 0 atom stereocenters. The first-order chi connectivity index (χ1) is 11.3. The molecule has 1 aromatic carbocycles. The predicted octanol–water partition coefficient (Wildman–Crippen LogP) is 1.59. The molecule has 0 unspecified atom stereocenters. The highest BCUT2D eigenvalue weighted by Gasteiger charge is 2.31. The SMILES string of the molecule is COCCS(=O)(=O)N1CCC(C(=O)Nc2ccc(F)cc2F)CC1. The average Bonchev–Trinajstić information content (AvgIpc) is 2.55. The third kappa shape index (κ3) is 4.71. The van der Waals surface area contributed by atoms with Crippen molar-refractivity contribution in [3.05, 3.63) is 29.8 Å². The number of nitrogens with zero attached hydrogens (tertiary/aromatic N) is 1. The maximum absolute atomic E-state index is 13.6. The van der Waals surface area contributed by atoms with Gasteiger partial charge in [0.1, 0.15) is 11.6 Å². The Balaban J connectivity index is 1.91. The van der Waals surface area contributed by atoms with E-state index in [0.29, 0.717) is 18.9 Å². The van der Waals surface area contributed by atoms with Crippen molar-refractivity contribution in [1.29, 1.82) is 0 Å². The molecular weight excluding hydrogens is 342 g/mol. The minimum absolute atomic E-state index is 0.0865. The summed E-state index contributed by atoms with van der Waals surface area (Å²) >= 11 is 0. The Labute approximate surface area is 139 Å². The van der Waals surface area contributed by atoms with Gasteiger partial charge in [-0.05, 0) is 25.0 Å². The van der Waals surface area contributed by atoms with Crippen LogP contribution in [-0.4, -0.2) is 51.2 Å². The molecule has 1 N–H and O–H groups in total. The first-order valence-corrected chi connectivity index (χ1v) is 9.17. The van der Waals surface area contributed by atoms with Crippen LogP contribution in [0.2, 0.25) is 0 Å². The number of piperidine rings is 1. The minimum atomic E-state index is -3.39. The van der Waals surface area contributed by atoms with Gasteiger partial charge in [-0.2, -0.15) is 0 Å². The Hall–Kier alpha value is -1.58. The van der Waals surface area contributed by atoms with Crippen molar-refractivity contribution < 1.29 is 26.7 Å². The van der Waals surface area contributed by atoms with Crippen LogP contribution in [-0.2, 0) is 19.6 Å². The molecule has 1 amide bonds. The lowest BCUT2D eigenvalue weighted by molar-refractivity contribution is -0.120. The van der Waals surface area contributed by atoms with E-state index < -0.39 is 33.5 Å². The van der Waals surface area contributed by atoms with Gasteiger partial charge in [0, 0.05) is 32.2 Å². The van der Waals surface area contributed by atoms with E-state index in [-0.39, 0.29) is 31.1 Å². The second-order valence-corrected chi connectivity index (χ2v) is 7.68. The van der Waals surface area contributed by atoms with Gasteiger partial charge in [-0.15, -0.1) is 0 Å². The maximum Gasteiger partial charge on any atom is 0.227 e. The second kappa shape index (κ2) is 8.00. The number of hydrogen-bond acceptors (Lipinski definition) is 4. The van der Waals surface area contributed by atoms with E-state index in [2.05, 4.69) is 5.32 Å². The zero-order valence-electron chi connectivity index (χ0n) is 13.3. The largest absolute Gasteiger partial charge is 0.384 e. The summed E-state index contributed by atoms with van der Waals surface area (Å²) in [5.41, 5.74) is -0.0865. The first-order valence-electron chi connectivity index (χ1n) is 7.56. The van der Waals surface area contributed by atoms with Crippen molar-refractivity contribution in [2.24, 2.45) is 5.92 Å². The Morgan fingerprint density at radius 1 is 1.33 bits per heavy atom. The van der Waals surface area contributed by atoms with Gasteiger partial charge in [0.15, 0.2) is 0 Å². The molecule has 0 bridgehead atoms. The van der Waals surface area contributed by atoms with Gasteiger partial charge in [0.2, 0.25) is 15.9 Å². The Bertz CT molecular complexity index is 689. The van der Waals surface area contributed by atoms with Crippen LogP contribution < -0.4 is 5.32 Å². The fourth-order valence-electron chi connectivity index (χ4n) is 2.54. The van der Waals surface area contributed by atoms with Gasteiger partial charge in [-0.1, -0.05) is 0 Å². The summed E-state index contributed by atoms with van der Waals surface area (Å²) in [6.07, 6.45) is 0.696. The van der Waals surface area contributed by atoms with Crippen LogP contribution in [0.25, 0.3) is 0 Å². The van der Waals surface area contributed by atoms with Crippen molar-refractivity contribution in [1.82, 2.24) is 4.31 Å². The van der Waals surface area contributed by atoms with Crippen LogP contribution in [0.4, 0.5) is 14.5 Å². The van der Waals surface area contributed by atoms with Crippen LogP contribution in [0.1, 0.15) is 12.8 Å². The fourth-order valence-corrected chi connectivity index (χ4v) is 3.94. The van der Waals surface area contributed by atoms with Crippen LogP contribution in [0.15, 0.2) is 18.2 Å². The van der Waals surface area contributed by atoms with Gasteiger partial charge in [-0.3, -0.25) is 4.79 Å². The molecule has 1 heterocycles. The number of rotatable bonds is 6. The second-order valence-electron chi connectivity index (χ2n) is 5.60. The van der Waals surface area contributed by atoms with E-state index in [1.807, 2.05) is 0 Å². The molecule has 2 rings (SSSR count). The van der Waals surface area contributed by atoms with E-state index in [1.165, 1.54) is 11.4 Å². The smallest absolute Gasteiger partial charge is 0.227 e. The zero-order valence-corrected chi connectivity index (χ0v) is 14.1. The van der Waals surface area contributed by atoms with Gasteiger partial charge in [0.05, 0.1) is 18.0 Å². The summed E-state index contributed by atoms with van der Waals surface area (Å²) in [4.78, 5) is 12.2. The van der Waals surface area contributed by atoms with Crippen LogP contribution in [0.3, 0.4) is 0 Å². The van der Waals surface area contributed by atoms with Crippen molar-refractivity contribution >= 4 is 21.6 Å². The molecule has 6 nitrogen and oxygen atoms in total. The molecule has 134 valence electrons. The first kappa shape index (κ1) is 18.8. The van der Waals surface area contributed by atoms with Gasteiger partial charge < -0.3 is 10.1 Å². The number of benzene rings is 1. The highest BCUT2D eigenvalue weighted by molar-refractivity contribution is 7.89. The van der Waals surface area contributed by atoms with E-state index >= 15 is 0 Å². The lowest BCUT2D eigenvalue weighted by Gasteiger charge is -2.30. The molecule has 1 saturated heterocycles. The molecule has 0 radical (unpaired) electrons. The predicted molar refractivity (Wildman–Crippen MR) is 84.9 cm³/mol. The number of carbonyl (C=O) groups is 1. The fraction of sp³-hybridized carbons (Fsp3) is 0.533. The summed E-state index contributed by atoms with van der Waals surface area (Å²) < 4.78 is 56.6. The summed E-state index contributed by atoms with van der Waals surface area (Å²) in [5, 5.41) is 2.43. The van der Waals surface area contributed by atoms with E-state index in [9.17, 15) is 22.0 Å². The summed E-state index contributed by atoms with van der Waals surface area (Å²) in [7, 11) is -1.96. The number of methoxy groups -OCH3 is 1. The molecule has 0 saturated carbocycles. The average molecular weight is 362 g/mol. The normalized spacial score (nSPS) is 17.0. The third-order valence-corrected chi connectivity index (χ3v) is 5.79. The molecule has 24 heavy (non-hydrogen) atoms. The number of carbonyl (C=O) groups excluding carboxylic acids is 1. The maximum atomic E-state index is 13.6. The van der Waals surface area contributed by atoms with E-state index in [4.69, 9.17) is 4.74 Å². The third-order valence-electron chi connectivity index (χ3n) is 3.95. The molecule has 0 aromatic heterocycles. The zero-order chi connectivity index (χ0) is 17.7. The lowest BCUT2D eigenvalue weighted by Crippen LogP contribution is -2.42. The highest BCUT2D eigenvalue weighted by atomic mass is 32.2. The van der Waals surface area contributed by atoms with Gasteiger partial charge in [-0.25, -0.2) is 21.5 Å². The number of nitrogens with one attached hydrogen (secondary N) is 1. The number of ether oxygens (including phenoxy) is 1. The van der Waals surface area contributed by atoms with Crippen molar-refractivity contribution in [2.75, 3.05) is 37.9 Å². The quantitative estimate of drug-likeness (QED) is 0.834. The highest BCUT2D eigenvalue weighted by Crippen LogP contribution is 2.23. The lowest BCUT2D eigenvalue weighted by atomic mass is 9.97. The molecule has 1 fully saturated rings. The van der Waals surface area contributed by atoms with Crippen molar-refractivity contribution in [3.63, 3.8) is 0 Å². The van der Waals surface area contributed by atoms with Crippen LogP contribution in [0.5, 0.6) is 0 Å². The minimum Gasteiger partial charge on any atom is -0.384 e. The number of amides is 1. The molecule has 0 spiro atoms. The standard InChI is InChI=1S/C15H20F2N2O4S/c1-23-8-9-24(21,22)19-6-4-11(5-7-19)15(20)18-14-3-2-12(16)10-13(14)17/h2-3,10-11H,4-9H2,1H3,(H,18,20). The molecule has 0 aliphatic carbocycles. The number of anilines is 1. The Morgan fingerprint density at radius 3 is 2.58 bits per heavy atom. The molecule has 1 aliphatic rings. The monoisotopic (exact) mass is 362 g/mol. The molecule has 9 heteroatoms.